The van der Waals surface area contributed by atoms with Gasteiger partial charge in [0.25, 0.3) is 0 Å². The van der Waals surface area contributed by atoms with Gasteiger partial charge in [0.05, 0.1) is 0 Å². The highest BCUT2D eigenvalue weighted by atomic mass is 15.1. The second-order valence-electron chi connectivity index (χ2n) is 5.44. The molecule has 23 heavy (non-hydrogen) atoms. The zero-order valence-electron chi connectivity index (χ0n) is 13.2. The Kier molecular flexibility index (Phi) is 4.84. The molecule has 116 valence electrons. The third kappa shape index (κ3) is 4.54. The summed E-state index contributed by atoms with van der Waals surface area (Å²) in [5, 5.41) is 6.57. The van der Waals surface area contributed by atoms with Gasteiger partial charge in [-0.05, 0) is 24.1 Å². The highest BCUT2D eigenvalue weighted by Crippen LogP contribution is 2.10. The monoisotopic (exact) mass is 304 g/mol. The number of rotatable bonds is 6. The fourth-order valence-corrected chi connectivity index (χ4v) is 2.22. The summed E-state index contributed by atoms with van der Waals surface area (Å²) in [4.78, 5) is 8.75. The van der Waals surface area contributed by atoms with Gasteiger partial charge < -0.3 is 10.6 Å². The van der Waals surface area contributed by atoms with Crippen LogP contribution in [0.1, 0.15) is 16.7 Å². The van der Waals surface area contributed by atoms with Crippen LogP contribution >= 0.6 is 0 Å². The Bertz CT molecular complexity index is 739. The molecule has 0 saturated heterocycles. The van der Waals surface area contributed by atoms with Gasteiger partial charge in [-0.3, -0.25) is 0 Å². The van der Waals surface area contributed by atoms with Crippen LogP contribution in [0.25, 0.3) is 0 Å². The van der Waals surface area contributed by atoms with Crippen LogP contribution in [0.3, 0.4) is 0 Å². The SMILES string of the molecule is Cc1ccc(CNc2nccc(NCc3ccccc3)n2)cc1. The number of hydrogen-bond acceptors (Lipinski definition) is 4. The lowest BCUT2D eigenvalue weighted by atomic mass is 10.1. The van der Waals surface area contributed by atoms with Crippen LogP contribution in [-0.4, -0.2) is 9.97 Å². The van der Waals surface area contributed by atoms with E-state index in [4.69, 9.17) is 0 Å². The van der Waals surface area contributed by atoms with E-state index in [1.54, 1.807) is 6.20 Å². The van der Waals surface area contributed by atoms with E-state index in [9.17, 15) is 0 Å². The second kappa shape index (κ2) is 7.40. The number of nitrogens with zero attached hydrogens (tertiary/aromatic N) is 2. The normalized spacial score (nSPS) is 10.3. The molecule has 0 aliphatic rings. The van der Waals surface area contributed by atoms with Crippen molar-refractivity contribution in [1.82, 2.24) is 9.97 Å². The van der Waals surface area contributed by atoms with Crippen molar-refractivity contribution >= 4 is 11.8 Å². The summed E-state index contributed by atoms with van der Waals surface area (Å²) in [6.45, 7) is 3.54. The van der Waals surface area contributed by atoms with E-state index in [1.165, 1.54) is 16.7 Å². The molecule has 0 atom stereocenters. The maximum atomic E-state index is 4.49. The first-order valence-electron chi connectivity index (χ1n) is 7.70. The van der Waals surface area contributed by atoms with Crippen LogP contribution in [-0.2, 0) is 13.1 Å². The molecule has 0 spiro atoms. The predicted molar refractivity (Wildman–Crippen MR) is 94.3 cm³/mol. The molecule has 1 aromatic heterocycles. The molecular formula is C19H20N4. The minimum absolute atomic E-state index is 0.628. The summed E-state index contributed by atoms with van der Waals surface area (Å²) < 4.78 is 0. The van der Waals surface area contributed by atoms with Gasteiger partial charge in [-0.25, -0.2) is 4.98 Å². The van der Waals surface area contributed by atoms with Crippen molar-refractivity contribution in [3.8, 4) is 0 Å². The van der Waals surface area contributed by atoms with Gasteiger partial charge in [0, 0.05) is 19.3 Å². The maximum absolute atomic E-state index is 4.49. The molecule has 4 heteroatoms. The summed E-state index contributed by atoms with van der Waals surface area (Å²) >= 11 is 0. The van der Waals surface area contributed by atoms with Crippen molar-refractivity contribution in [2.75, 3.05) is 10.6 Å². The van der Waals surface area contributed by atoms with Crippen LogP contribution in [0.15, 0.2) is 66.9 Å². The average molecular weight is 304 g/mol. The van der Waals surface area contributed by atoms with Crippen molar-refractivity contribution < 1.29 is 0 Å². The minimum atomic E-state index is 0.628. The fourth-order valence-electron chi connectivity index (χ4n) is 2.22. The Labute approximate surface area is 136 Å². The average Bonchev–Trinajstić information content (AvgIpc) is 2.61. The first-order valence-corrected chi connectivity index (χ1v) is 7.70. The van der Waals surface area contributed by atoms with Crippen LogP contribution in [0, 0.1) is 6.92 Å². The molecule has 0 aliphatic carbocycles. The maximum Gasteiger partial charge on any atom is 0.224 e. The molecule has 0 saturated carbocycles. The molecule has 1 heterocycles. The van der Waals surface area contributed by atoms with E-state index in [1.807, 2.05) is 24.3 Å². The van der Waals surface area contributed by atoms with Gasteiger partial charge in [0.15, 0.2) is 0 Å². The molecule has 0 fully saturated rings. The summed E-state index contributed by atoms with van der Waals surface area (Å²) in [6.07, 6.45) is 1.76. The largest absolute Gasteiger partial charge is 0.366 e. The lowest BCUT2D eigenvalue weighted by molar-refractivity contribution is 1.03. The molecule has 4 nitrogen and oxygen atoms in total. The molecule has 2 N–H and O–H groups in total. The zero-order valence-corrected chi connectivity index (χ0v) is 13.2. The molecule has 0 bridgehead atoms. The molecule has 3 rings (SSSR count). The van der Waals surface area contributed by atoms with Crippen molar-refractivity contribution in [3.63, 3.8) is 0 Å². The van der Waals surface area contributed by atoms with E-state index in [2.05, 4.69) is 63.9 Å². The van der Waals surface area contributed by atoms with Gasteiger partial charge in [0.2, 0.25) is 5.95 Å². The molecule has 2 aromatic carbocycles. The van der Waals surface area contributed by atoms with Crippen LogP contribution in [0.4, 0.5) is 11.8 Å². The van der Waals surface area contributed by atoms with Gasteiger partial charge in [-0.15, -0.1) is 0 Å². The zero-order chi connectivity index (χ0) is 15.9. The van der Waals surface area contributed by atoms with Gasteiger partial charge >= 0.3 is 0 Å². The Hall–Kier alpha value is -2.88. The van der Waals surface area contributed by atoms with Crippen molar-refractivity contribution in [3.05, 3.63) is 83.6 Å². The number of anilines is 2. The van der Waals surface area contributed by atoms with Gasteiger partial charge in [0.1, 0.15) is 5.82 Å². The minimum Gasteiger partial charge on any atom is -0.366 e. The number of aryl methyl sites for hydroxylation is 1. The topological polar surface area (TPSA) is 49.8 Å². The van der Waals surface area contributed by atoms with Crippen molar-refractivity contribution in [2.45, 2.75) is 20.0 Å². The van der Waals surface area contributed by atoms with E-state index >= 15 is 0 Å². The third-order valence-electron chi connectivity index (χ3n) is 3.54. The first kappa shape index (κ1) is 15.0. The third-order valence-corrected chi connectivity index (χ3v) is 3.54. The van der Waals surface area contributed by atoms with Crippen molar-refractivity contribution in [2.24, 2.45) is 0 Å². The number of hydrogen-bond donors (Lipinski definition) is 2. The first-order chi connectivity index (χ1) is 11.3. The molecule has 3 aromatic rings. The number of benzene rings is 2. The number of aromatic nitrogens is 2. The fraction of sp³-hybridized carbons (Fsp3) is 0.158. The van der Waals surface area contributed by atoms with E-state index < -0.39 is 0 Å². The van der Waals surface area contributed by atoms with Crippen LogP contribution < -0.4 is 10.6 Å². The Balaban J connectivity index is 1.57. The smallest absolute Gasteiger partial charge is 0.224 e. The van der Waals surface area contributed by atoms with Gasteiger partial charge in [-0.1, -0.05) is 60.2 Å². The Morgan fingerprint density at radius 2 is 1.48 bits per heavy atom. The van der Waals surface area contributed by atoms with E-state index in [0.29, 0.717) is 12.5 Å². The Morgan fingerprint density at radius 1 is 0.783 bits per heavy atom. The van der Waals surface area contributed by atoms with Gasteiger partial charge in [-0.2, -0.15) is 4.98 Å². The summed E-state index contributed by atoms with van der Waals surface area (Å²) in [5.41, 5.74) is 3.69. The van der Waals surface area contributed by atoms with Crippen LogP contribution in [0.5, 0.6) is 0 Å². The Morgan fingerprint density at radius 3 is 2.26 bits per heavy atom. The summed E-state index contributed by atoms with van der Waals surface area (Å²) in [6, 6.07) is 20.6. The second-order valence-corrected chi connectivity index (χ2v) is 5.44. The highest BCUT2D eigenvalue weighted by Gasteiger charge is 2.00. The molecule has 0 radical (unpaired) electrons. The van der Waals surface area contributed by atoms with Crippen molar-refractivity contribution in [1.29, 1.82) is 0 Å². The quantitative estimate of drug-likeness (QED) is 0.722. The standard InChI is InChI=1S/C19H20N4/c1-15-7-9-17(10-8-15)14-22-19-20-12-11-18(23-19)21-13-16-5-3-2-4-6-16/h2-12H,13-14H2,1H3,(H2,20,21,22,23). The predicted octanol–water partition coefficient (Wildman–Crippen LogP) is 4.01. The summed E-state index contributed by atoms with van der Waals surface area (Å²) in [5.74, 6) is 1.44. The van der Waals surface area contributed by atoms with Crippen LogP contribution in [0.2, 0.25) is 0 Å². The summed E-state index contributed by atoms with van der Waals surface area (Å²) in [7, 11) is 0. The molecule has 0 amide bonds. The lowest BCUT2D eigenvalue weighted by Crippen LogP contribution is -2.06. The van der Waals surface area contributed by atoms with E-state index in [-0.39, 0.29) is 0 Å². The molecule has 0 aliphatic heterocycles. The molecular weight excluding hydrogens is 284 g/mol. The highest BCUT2D eigenvalue weighted by molar-refractivity contribution is 5.40. The lowest BCUT2D eigenvalue weighted by Gasteiger charge is -2.09. The number of nitrogens with one attached hydrogen (secondary N) is 2. The van der Waals surface area contributed by atoms with E-state index in [0.717, 1.165) is 12.4 Å². The molecule has 0 unspecified atom stereocenters.